The summed E-state index contributed by atoms with van der Waals surface area (Å²) < 4.78 is 29.4. The predicted octanol–water partition coefficient (Wildman–Crippen LogP) is 3.62. The summed E-state index contributed by atoms with van der Waals surface area (Å²) in [5, 5.41) is 3.32. The van der Waals surface area contributed by atoms with Crippen molar-refractivity contribution < 1.29 is 8.78 Å². The Morgan fingerprint density at radius 3 is 2.53 bits per heavy atom. The van der Waals surface area contributed by atoms with Crippen LogP contribution in [0.4, 0.5) is 14.5 Å². The molecule has 2 heterocycles. The fourth-order valence-electron chi connectivity index (χ4n) is 3.79. The summed E-state index contributed by atoms with van der Waals surface area (Å²) in [7, 11) is 0. The molecule has 6 nitrogen and oxygen atoms in total. The average molecular weight is 559 g/mol. The molecule has 1 N–H and O–H groups in total. The third kappa shape index (κ3) is 6.91. The molecule has 2 aromatic rings. The van der Waals surface area contributed by atoms with Gasteiger partial charge in [0.25, 0.3) is 5.56 Å². The van der Waals surface area contributed by atoms with Gasteiger partial charge >= 0.3 is 0 Å². The van der Waals surface area contributed by atoms with E-state index in [4.69, 9.17) is 4.99 Å². The van der Waals surface area contributed by atoms with Crippen molar-refractivity contribution in [2.24, 2.45) is 4.99 Å². The van der Waals surface area contributed by atoms with Gasteiger partial charge in [0.1, 0.15) is 11.6 Å². The van der Waals surface area contributed by atoms with E-state index in [0.29, 0.717) is 45.0 Å². The van der Waals surface area contributed by atoms with Gasteiger partial charge in [-0.05, 0) is 44.9 Å². The fourth-order valence-corrected chi connectivity index (χ4v) is 3.79. The van der Waals surface area contributed by atoms with Crippen LogP contribution in [0.5, 0.6) is 0 Å². The van der Waals surface area contributed by atoms with Crippen LogP contribution in [0.25, 0.3) is 0 Å². The summed E-state index contributed by atoms with van der Waals surface area (Å²) in [6.45, 7) is 8.65. The number of halogens is 3. The van der Waals surface area contributed by atoms with Crippen molar-refractivity contribution in [1.82, 2.24) is 14.8 Å². The lowest BCUT2D eigenvalue weighted by molar-refractivity contribution is 0.370. The van der Waals surface area contributed by atoms with Crippen molar-refractivity contribution in [3.63, 3.8) is 0 Å². The first-order valence-electron chi connectivity index (χ1n) is 10.9. The van der Waals surface area contributed by atoms with Crippen molar-refractivity contribution >= 4 is 35.6 Å². The molecule has 0 spiro atoms. The van der Waals surface area contributed by atoms with Gasteiger partial charge in [0.05, 0.1) is 5.69 Å². The monoisotopic (exact) mass is 559 g/mol. The Labute approximate surface area is 205 Å². The second-order valence-electron chi connectivity index (χ2n) is 7.67. The van der Waals surface area contributed by atoms with E-state index in [1.165, 1.54) is 12.1 Å². The Balaban J connectivity index is 0.00000363. The number of guanidine groups is 1. The number of benzene rings is 1. The van der Waals surface area contributed by atoms with Crippen LogP contribution < -0.4 is 15.8 Å². The maximum atomic E-state index is 14.1. The molecule has 1 aliphatic heterocycles. The van der Waals surface area contributed by atoms with E-state index in [2.05, 4.69) is 10.2 Å². The van der Waals surface area contributed by atoms with Crippen molar-refractivity contribution in [3.8, 4) is 0 Å². The number of aryl methyl sites for hydroxylation is 1. The predicted molar refractivity (Wildman–Crippen MR) is 136 cm³/mol. The molecule has 176 valence electrons. The molecule has 0 radical (unpaired) electrons. The van der Waals surface area contributed by atoms with E-state index in [1.807, 2.05) is 24.8 Å². The first kappa shape index (κ1) is 26.1. The molecule has 1 aliphatic rings. The van der Waals surface area contributed by atoms with Crippen LogP contribution >= 0.6 is 24.0 Å². The lowest BCUT2D eigenvalue weighted by Gasteiger charge is -2.37. The lowest BCUT2D eigenvalue weighted by atomic mass is 10.2. The number of aromatic nitrogens is 1. The molecule has 0 saturated carbocycles. The van der Waals surface area contributed by atoms with Crippen molar-refractivity contribution in [1.29, 1.82) is 0 Å². The highest BCUT2D eigenvalue weighted by Gasteiger charge is 2.22. The third-order valence-electron chi connectivity index (χ3n) is 5.48. The van der Waals surface area contributed by atoms with E-state index >= 15 is 0 Å². The molecule has 32 heavy (non-hydrogen) atoms. The maximum absolute atomic E-state index is 14.1. The number of nitrogens with zero attached hydrogens (tertiary/aromatic N) is 4. The normalized spacial score (nSPS) is 14.3. The average Bonchev–Trinajstić information content (AvgIpc) is 2.76. The Bertz CT molecular complexity index is 958. The van der Waals surface area contributed by atoms with Gasteiger partial charge in [-0.2, -0.15) is 0 Å². The SMILES string of the molecule is CCNC(=NCCCCn1c(C)cccc1=O)N1CCN(c2cc(F)ccc2F)CC1.I. The highest BCUT2D eigenvalue weighted by atomic mass is 127. The second kappa shape index (κ2) is 12.8. The zero-order chi connectivity index (χ0) is 22.2. The zero-order valence-electron chi connectivity index (χ0n) is 18.7. The summed E-state index contributed by atoms with van der Waals surface area (Å²) in [6, 6.07) is 8.88. The summed E-state index contributed by atoms with van der Waals surface area (Å²) in [6.07, 6.45) is 1.75. The van der Waals surface area contributed by atoms with Gasteiger partial charge in [-0.25, -0.2) is 8.78 Å². The van der Waals surface area contributed by atoms with Crippen LogP contribution in [0.2, 0.25) is 0 Å². The molecule has 0 unspecified atom stereocenters. The van der Waals surface area contributed by atoms with Crippen molar-refractivity contribution in [3.05, 3.63) is 64.1 Å². The molecule has 1 aromatic carbocycles. The Hall–Kier alpha value is -2.17. The van der Waals surface area contributed by atoms with Gasteiger partial charge in [0.15, 0.2) is 5.96 Å². The Morgan fingerprint density at radius 2 is 1.84 bits per heavy atom. The number of rotatable bonds is 7. The minimum absolute atomic E-state index is 0. The number of hydrogen-bond acceptors (Lipinski definition) is 3. The largest absolute Gasteiger partial charge is 0.366 e. The maximum Gasteiger partial charge on any atom is 0.250 e. The molecular formula is C23H32F2IN5O. The van der Waals surface area contributed by atoms with E-state index in [1.54, 1.807) is 16.7 Å². The smallest absolute Gasteiger partial charge is 0.250 e. The molecule has 3 rings (SSSR count). The number of aliphatic imine (C=N–C) groups is 1. The summed E-state index contributed by atoms with van der Waals surface area (Å²) in [4.78, 5) is 20.7. The lowest BCUT2D eigenvalue weighted by Crippen LogP contribution is -2.52. The van der Waals surface area contributed by atoms with Gasteiger partial charge < -0.3 is 19.7 Å². The summed E-state index contributed by atoms with van der Waals surface area (Å²) in [5.74, 6) is 0.0137. The van der Waals surface area contributed by atoms with Gasteiger partial charge in [0.2, 0.25) is 0 Å². The second-order valence-corrected chi connectivity index (χ2v) is 7.67. The Morgan fingerprint density at radius 1 is 1.09 bits per heavy atom. The number of anilines is 1. The molecule has 9 heteroatoms. The number of pyridine rings is 1. The van der Waals surface area contributed by atoms with Crippen molar-refractivity contribution in [2.45, 2.75) is 33.2 Å². The van der Waals surface area contributed by atoms with Crippen LogP contribution in [0.15, 0.2) is 46.2 Å². The molecule has 0 atom stereocenters. The minimum Gasteiger partial charge on any atom is -0.366 e. The molecule has 1 aromatic heterocycles. The number of hydrogen-bond donors (Lipinski definition) is 1. The van der Waals surface area contributed by atoms with Crippen LogP contribution in [0, 0.1) is 18.6 Å². The fraction of sp³-hybridized carbons (Fsp3) is 0.478. The number of nitrogens with one attached hydrogen (secondary N) is 1. The van der Waals surface area contributed by atoms with Crippen LogP contribution in [0.3, 0.4) is 0 Å². The summed E-state index contributed by atoms with van der Waals surface area (Å²) in [5.41, 5.74) is 1.31. The van der Waals surface area contributed by atoms with E-state index in [0.717, 1.165) is 37.1 Å². The Kier molecular flexibility index (Phi) is 10.4. The first-order chi connectivity index (χ1) is 15.0. The topological polar surface area (TPSA) is 52.9 Å². The molecular weight excluding hydrogens is 527 g/mol. The van der Waals surface area contributed by atoms with E-state index < -0.39 is 11.6 Å². The first-order valence-corrected chi connectivity index (χ1v) is 10.9. The van der Waals surface area contributed by atoms with Gasteiger partial charge in [-0.1, -0.05) is 6.07 Å². The van der Waals surface area contributed by atoms with E-state index in [-0.39, 0.29) is 29.5 Å². The standard InChI is InChI=1S/C23H31F2N5O.HI/c1-3-26-23(27-11-4-5-12-30-18(2)7-6-8-22(30)31)29-15-13-28(14-16-29)21-17-19(24)9-10-20(21)25;/h6-10,17H,3-5,11-16H2,1-2H3,(H,26,27);1H. The van der Waals surface area contributed by atoms with Gasteiger partial charge in [-0.3, -0.25) is 9.79 Å². The van der Waals surface area contributed by atoms with Crippen LogP contribution in [-0.4, -0.2) is 54.7 Å². The van der Waals surface area contributed by atoms with E-state index in [9.17, 15) is 13.6 Å². The highest BCUT2D eigenvalue weighted by Crippen LogP contribution is 2.22. The van der Waals surface area contributed by atoms with Crippen LogP contribution in [-0.2, 0) is 6.54 Å². The van der Waals surface area contributed by atoms with Crippen LogP contribution in [0.1, 0.15) is 25.5 Å². The summed E-state index contributed by atoms with van der Waals surface area (Å²) >= 11 is 0. The highest BCUT2D eigenvalue weighted by molar-refractivity contribution is 14.0. The van der Waals surface area contributed by atoms with Gasteiger partial charge in [-0.15, -0.1) is 24.0 Å². The molecule has 1 saturated heterocycles. The molecule has 0 amide bonds. The number of piperazine rings is 1. The third-order valence-corrected chi connectivity index (χ3v) is 5.48. The molecule has 0 bridgehead atoms. The van der Waals surface area contributed by atoms with Gasteiger partial charge in [0, 0.05) is 63.6 Å². The van der Waals surface area contributed by atoms with Crippen molar-refractivity contribution in [2.75, 3.05) is 44.2 Å². The molecule has 0 aliphatic carbocycles. The minimum atomic E-state index is -0.429. The number of unbranched alkanes of at least 4 members (excludes halogenated alkanes) is 1. The molecule has 1 fully saturated rings. The zero-order valence-corrected chi connectivity index (χ0v) is 21.0. The quantitative estimate of drug-likeness (QED) is 0.244.